The molecule has 2 aromatic rings. The Morgan fingerprint density at radius 3 is 2.78 bits per heavy atom. The van der Waals surface area contributed by atoms with Crippen LogP contribution in [0.1, 0.15) is 0 Å². The molecule has 0 saturated carbocycles. The average Bonchev–Trinajstić information content (AvgIpc) is 2.37. The van der Waals surface area contributed by atoms with Crippen molar-refractivity contribution < 1.29 is 19.2 Å². The highest BCUT2D eigenvalue weighted by atomic mass is 32.2. The largest absolute Gasteiger partial charge is 0.480 e. The molecule has 18 heavy (non-hydrogen) atoms. The minimum Gasteiger partial charge on any atom is -0.480 e. The number of hydrogen-bond donors (Lipinski definition) is 3. The van der Waals surface area contributed by atoms with Crippen LogP contribution < -0.4 is 10.5 Å². The first kappa shape index (κ1) is 12.5. The predicted octanol–water partition coefficient (Wildman–Crippen LogP) is 2.45. The van der Waals surface area contributed by atoms with Gasteiger partial charge in [0.05, 0.1) is 5.69 Å². The van der Waals surface area contributed by atoms with Crippen LogP contribution in [-0.2, 0) is 4.79 Å². The van der Waals surface area contributed by atoms with Gasteiger partial charge in [0.1, 0.15) is 5.75 Å². The number of nitrogen functional groups attached to an aromatic ring is 1. The minimum absolute atomic E-state index is 0.342. The summed E-state index contributed by atoms with van der Waals surface area (Å²) in [5.41, 5.74) is 6.30. The fourth-order valence-corrected chi connectivity index (χ4v) is 1.94. The van der Waals surface area contributed by atoms with Gasteiger partial charge >= 0.3 is 5.97 Å². The van der Waals surface area contributed by atoms with Crippen molar-refractivity contribution in [3.05, 3.63) is 30.3 Å². The maximum Gasteiger partial charge on any atom is 0.341 e. The number of hydrogen-bond acceptors (Lipinski definition) is 5. The number of anilines is 1. The highest BCUT2D eigenvalue weighted by Crippen LogP contribution is 2.32. The van der Waals surface area contributed by atoms with Crippen molar-refractivity contribution in [1.82, 2.24) is 0 Å². The summed E-state index contributed by atoms with van der Waals surface area (Å²) in [5, 5.41) is 10.2. The molecular weight excluding hydrogens is 254 g/mol. The van der Waals surface area contributed by atoms with E-state index in [0.717, 1.165) is 10.8 Å². The molecule has 2 rings (SSSR count). The lowest BCUT2D eigenvalue weighted by molar-refractivity contribution is -0.139. The molecule has 0 amide bonds. The summed E-state index contributed by atoms with van der Waals surface area (Å²) in [6, 6.07) is 8.66. The molecule has 0 aromatic heterocycles. The van der Waals surface area contributed by atoms with Gasteiger partial charge in [0.25, 0.3) is 0 Å². The molecule has 2 aromatic carbocycles. The van der Waals surface area contributed by atoms with Crippen LogP contribution in [0.15, 0.2) is 35.2 Å². The third-order valence-corrected chi connectivity index (χ3v) is 2.91. The van der Waals surface area contributed by atoms with Gasteiger partial charge in [0, 0.05) is 22.3 Å². The molecule has 94 valence electrons. The van der Waals surface area contributed by atoms with Crippen molar-refractivity contribution in [2.24, 2.45) is 0 Å². The van der Waals surface area contributed by atoms with E-state index >= 15 is 0 Å². The number of ether oxygens (including phenoxy) is 1. The molecule has 6 heteroatoms. The van der Waals surface area contributed by atoms with Crippen LogP contribution in [0.3, 0.4) is 0 Å². The van der Waals surface area contributed by atoms with E-state index in [2.05, 4.69) is 0 Å². The third kappa shape index (κ3) is 2.49. The maximum atomic E-state index is 10.4. The molecule has 0 spiro atoms. The lowest BCUT2D eigenvalue weighted by atomic mass is 10.1. The zero-order valence-corrected chi connectivity index (χ0v) is 10.1. The molecule has 0 aliphatic rings. The fourth-order valence-electron chi connectivity index (χ4n) is 1.63. The maximum absolute atomic E-state index is 10.4. The van der Waals surface area contributed by atoms with E-state index in [1.165, 1.54) is 0 Å². The number of carboxylic acid groups (broad SMARTS) is 1. The van der Waals surface area contributed by atoms with Crippen LogP contribution in [-0.4, -0.2) is 22.2 Å². The molecule has 4 N–H and O–H groups in total. The Hall–Kier alpha value is -1.92. The molecule has 0 aliphatic heterocycles. The molecular formula is C12H11NO4S. The summed E-state index contributed by atoms with van der Waals surface area (Å²) in [6.45, 7) is -0.430. The Morgan fingerprint density at radius 2 is 2.11 bits per heavy atom. The van der Waals surface area contributed by atoms with Crippen molar-refractivity contribution in [1.29, 1.82) is 0 Å². The van der Waals surface area contributed by atoms with E-state index in [1.807, 2.05) is 0 Å². The Kier molecular flexibility index (Phi) is 3.59. The second-order valence-electron chi connectivity index (χ2n) is 3.63. The van der Waals surface area contributed by atoms with Gasteiger partial charge < -0.3 is 20.1 Å². The van der Waals surface area contributed by atoms with Crippen LogP contribution >= 0.6 is 12.0 Å². The zero-order chi connectivity index (χ0) is 13.1. The molecule has 0 aliphatic carbocycles. The topological polar surface area (TPSA) is 92.8 Å². The number of aliphatic carboxylic acids is 1. The molecule has 0 heterocycles. The first-order valence-corrected chi connectivity index (χ1v) is 5.87. The van der Waals surface area contributed by atoms with Crippen LogP contribution in [0, 0.1) is 0 Å². The Balaban J connectivity index is 2.41. The van der Waals surface area contributed by atoms with Gasteiger partial charge in [-0.2, -0.15) is 0 Å². The first-order valence-electron chi connectivity index (χ1n) is 5.10. The molecule has 5 nitrogen and oxygen atoms in total. The predicted molar refractivity (Wildman–Crippen MR) is 70.0 cm³/mol. The van der Waals surface area contributed by atoms with E-state index < -0.39 is 12.6 Å². The van der Waals surface area contributed by atoms with Gasteiger partial charge in [-0.3, -0.25) is 0 Å². The Morgan fingerprint density at radius 1 is 1.33 bits per heavy atom. The van der Waals surface area contributed by atoms with Gasteiger partial charge in [-0.05, 0) is 23.6 Å². The SMILES string of the molecule is Nc1c(OCC(=O)O)ccc2cc(SO)ccc12. The second-order valence-corrected chi connectivity index (χ2v) is 4.29. The van der Waals surface area contributed by atoms with Crippen molar-refractivity contribution in [3.8, 4) is 5.75 Å². The van der Waals surface area contributed by atoms with E-state index in [0.29, 0.717) is 28.4 Å². The third-order valence-electron chi connectivity index (χ3n) is 2.45. The number of rotatable bonds is 4. The number of carboxylic acids is 1. The van der Waals surface area contributed by atoms with Gasteiger partial charge in [-0.15, -0.1) is 0 Å². The Labute approximate surface area is 107 Å². The zero-order valence-electron chi connectivity index (χ0n) is 9.29. The number of nitrogens with two attached hydrogens (primary N) is 1. The van der Waals surface area contributed by atoms with Gasteiger partial charge in [-0.25, -0.2) is 4.79 Å². The number of carbonyl (C=O) groups is 1. The van der Waals surface area contributed by atoms with E-state index in [4.69, 9.17) is 20.1 Å². The normalized spacial score (nSPS) is 10.5. The molecule has 0 atom stereocenters. The van der Waals surface area contributed by atoms with Crippen molar-refractivity contribution in [2.75, 3.05) is 12.3 Å². The Bertz CT molecular complexity index is 600. The average molecular weight is 265 g/mol. The summed E-state index contributed by atoms with van der Waals surface area (Å²) in [7, 11) is 0. The summed E-state index contributed by atoms with van der Waals surface area (Å²) >= 11 is 0.658. The van der Waals surface area contributed by atoms with Crippen LogP contribution in [0.5, 0.6) is 5.75 Å². The van der Waals surface area contributed by atoms with E-state index in [9.17, 15) is 4.79 Å². The lowest BCUT2D eigenvalue weighted by Gasteiger charge is -2.10. The fraction of sp³-hybridized carbons (Fsp3) is 0.0833. The van der Waals surface area contributed by atoms with Gasteiger partial charge in [0.2, 0.25) is 0 Å². The summed E-state index contributed by atoms with van der Waals surface area (Å²) in [5.74, 6) is -0.712. The standard InChI is InChI=1S/C12H11NO4S/c13-12-9-3-2-8(18-16)5-7(9)1-4-10(12)17-6-11(14)15/h1-5,16H,6,13H2,(H,14,15). The summed E-state index contributed by atoms with van der Waals surface area (Å²) in [6.07, 6.45) is 0. The number of fused-ring (bicyclic) bond motifs is 1. The van der Waals surface area contributed by atoms with E-state index in [-0.39, 0.29) is 0 Å². The minimum atomic E-state index is -1.05. The van der Waals surface area contributed by atoms with Gasteiger partial charge in [-0.1, -0.05) is 12.1 Å². The van der Waals surface area contributed by atoms with E-state index in [1.54, 1.807) is 30.3 Å². The summed E-state index contributed by atoms with van der Waals surface area (Å²) in [4.78, 5) is 11.1. The monoisotopic (exact) mass is 265 g/mol. The molecule has 0 unspecified atom stereocenters. The van der Waals surface area contributed by atoms with Crippen LogP contribution in [0.2, 0.25) is 0 Å². The molecule has 0 radical (unpaired) electrons. The van der Waals surface area contributed by atoms with Crippen molar-refractivity contribution >= 4 is 34.5 Å². The van der Waals surface area contributed by atoms with Gasteiger partial charge in [0.15, 0.2) is 6.61 Å². The molecule has 0 bridgehead atoms. The highest BCUT2D eigenvalue weighted by molar-refractivity contribution is 7.93. The number of benzene rings is 2. The second kappa shape index (κ2) is 5.16. The van der Waals surface area contributed by atoms with Crippen molar-refractivity contribution in [2.45, 2.75) is 4.90 Å². The molecule has 0 fully saturated rings. The van der Waals surface area contributed by atoms with Crippen molar-refractivity contribution in [3.63, 3.8) is 0 Å². The highest BCUT2D eigenvalue weighted by Gasteiger charge is 2.08. The summed E-state index contributed by atoms with van der Waals surface area (Å²) < 4.78 is 14.0. The van der Waals surface area contributed by atoms with Crippen LogP contribution in [0.4, 0.5) is 5.69 Å². The lowest BCUT2D eigenvalue weighted by Crippen LogP contribution is -2.10. The molecule has 0 saturated heterocycles. The smallest absolute Gasteiger partial charge is 0.341 e. The first-order chi connectivity index (χ1) is 8.61. The van der Waals surface area contributed by atoms with Crippen LogP contribution in [0.25, 0.3) is 10.8 Å². The quantitative estimate of drug-likeness (QED) is 0.581.